The van der Waals surface area contributed by atoms with Crippen LogP contribution in [-0.2, 0) is 14.9 Å². The Morgan fingerprint density at radius 1 is 1.20 bits per heavy atom. The number of rotatable bonds is 4. The molecule has 1 fully saturated rings. The number of aliphatic hydroxyl groups excluding tert-OH is 3. The molecule has 7 heteroatoms. The zero-order valence-corrected chi connectivity index (χ0v) is 15.0. The van der Waals surface area contributed by atoms with Crippen LogP contribution in [-0.4, -0.2) is 58.5 Å². The smallest absolute Gasteiger partial charge is 0.223 e. The normalized spacial score (nSPS) is 30.0. The van der Waals surface area contributed by atoms with Crippen molar-refractivity contribution in [3.8, 4) is 5.75 Å². The zero-order valence-electron chi connectivity index (χ0n) is 15.0. The first-order valence-corrected chi connectivity index (χ1v) is 8.30. The van der Waals surface area contributed by atoms with Crippen molar-refractivity contribution in [3.63, 3.8) is 0 Å². The number of carbonyl (C=O) groups excluding carboxylic acids is 1. The summed E-state index contributed by atoms with van der Waals surface area (Å²) < 4.78 is 11.3. The van der Waals surface area contributed by atoms with Crippen molar-refractivity contribution in [2.45, 2.75) is 63.8 Å². The Morgan fingerprint density at radius 3 is 2.28 bits per heavy atom. The molecule has 1 aromatic carbocycles. The topological polar surface area (TPSA) is 108 Å². The molecule has 1 amide bonds. The largest absolute Gasteiger partial charge is 0.463 e. The molecule has 0 bridgehead atoms. The van der Waals surface area contributed by atoms with Crippen LogP contribution in [0.1, 0.15) is 33.3 Å². The van der Waals surface area contributed by atoms with Crippen LogP contribution in [0.4, 0.5) is 0 Å². The molecule has 140 valence electrons. The maximum absolute atomic E-state index is 11.4. The number of hydrogen-bond donors (Lipinski definition) is 4. The third-order valence-corrected chi connectivity index (χ3v) is 4.22. The molecule has 1 aliphatic heterocycles. The maximum Gasteiger partial charge on any atom is 0.223 e. The molecular formula is C18H27NO6. The average Bonchev–Trinajstić information content (AvgIpc) is 2.53. The Labute approximate surface area is 147 Å². The third-order valence-electron chi connectivity index (χ3n) is 4.22. The number of amides is 1. The summed E-state index contributed by atoms with van der Waals surface area (Å²) in [5, 5.41) is 32.1. The van der Waals surface area contributed by atoms with E-state index in [0.717, 1.165) is 5.56 Å². The van der Waals surface area contributed by atoms with Crippen LogP contribution in [0.5, 0.6) is 5.75 Å². The summed E-state index contributed by atoms with van der Waals surface area (Å²) in [6, 6.07) is 6.46. The monoisotopic (exact) mass is 353 g/mol. The first-order valence-electron chi connectivity index (χ1n) is 8.30. The van der Waals surface area contributed by atoms with Gasteiger partial charge in [0, 0.05) is 6.92 Å². The minimum absolute atomic E-state index is 0.000870. The highest BCUT2D eigenvalue weighted by molar-refractivity contribution is 5.73. The predicted octanol–water partition coefficient (Wildman–Crippen LogP) is 0.307. The molecule has 2 rings (SSSR count). The van der Waals surface area contributed by atoms with Gasteiger partial charge in [-0.25, -0.2) is 0 Å². The van der Waals surface area contributed by atoms with Crippen molar-refractivity contribution >= 4 is 5.91 Å². The summed E-state index contributed by atoms with van der Waals surface area (Å²) in [5.74, 6) is 0.104. The van der Waals surface area contributed by atoms with Crippen LogP contribution in [0.2, 0.25) is 0 Å². The number of carbonyl (C=O) groups is 1. The first-order chi connectivity index (χ1) is 11.6. The van der Waals surface area contributed by atoms with Gasteiger partial charge in [0.2, 0.25) is 12.2 Å². The van der Waals surface area contributed by atoms with Crippen molar-refractivity contribution in [1.29, 1.82) is 0 Å². The number of hydrogen-bond acceptors (Lipinski definition) is 6. The maximum atomic E-state index is 11.4. The van der Waals surface area contributed by atoms with Gasteiger partial charge in [0.15, 0.2) is 0 Å². The van der Waals surface area contributed by atoms with Crippen LogP contribution < -0.4 is 10.1 Å². The number of aliphatic hydroxyl groups is 3. The minimum Gasteiger partial charge on any atom is -0.463 e. The molecule has 5 atom stereocenters. The van der Waals surface area contributed by atoms with Crippen molar-refractivity contribution in [1.82, 2.24) is 5.32 Å². The summed E-state index contributed by atoms with van der Waals surface area (Å²) in [4.78, 5) is 11.4. The van der Waals surface area contributed by atoms with E-state index in [1.807, 2.05) is 12.1 Å². The summed E-state index contributed by atoms with van der Waals surface area (Å²) in [6.45, 7) is 7.12. The fraction of sp³-hybridized carbons (Fsp3) is 0.611. The van der Waals surface area contributed by atoms with Gasteiger partial charge in [0.05, 0.1) is 6.61 Å². The van der Waals surface area contributed by atoms with Gasteiger partial charge in [-0.15, -0.1) is 0 Å². The molecule has 4 N–H and O–H groups in total. The first kappa shape index (κ1) is 19.7. The highest BCUT2D eigenvalue weighted by Gasteiger charge is 2.46. The standard InChI is InChI=1S/C18H27NO6/c1-10(21)19-14-16(23)15(22)13(9-20)25-17(14)24-12-7-5-11(6-8-12)18(2,3)4/h5-8,13-17,20,22-23H,9H2,1-4H3,(H,19,21)/t13-,14+,15+,16+,17-/m1/s1. The molecule has 7 nitrogen and oxygen atoms in total. The number of ether oxygens (including phenoxy) is 2. The van der Waals surface area contributed by atoms with Crippen molar-refractivity contribution in [2.24, 2.45) is 0 Å². The minimum atomic E-state index is -1.33. The molecular weight excluding hydrogens is 326 g/mol. The lowest BCUT2D eigenvalue weighted by Gasteiger charge is -2.42. The van der Waals surface area contributed by atoms with E-state index >= 15 is 0 Å². The molecule has 0 spiro atoms. The summed E-state index contributed by atoms with van der Waals surface area (Å²) in [7, 11) is 0. The second-order valence-corrected chi connectivity index (χ2v) is 7.33. The Balaban J connectivity index is 2.19. The van der Waals surface area contributed by atoms with E-state index in [1.165, 1.54) is 6.92 Å². The average molecular weight is 353 g/mol. The highest BCUT2D eigenvalue weighted by Crippen LogP contribution is 2.27. The quantitative estimate of drug-likeness (QED) is 0.620. The van der Waals surface area contributed by atoms with E-state index in [0.29, 0.717) is 5.75 Å². The SMILES string of the molecule is CC(=O)N[C@@H]1[C@H](Oc2ccc(C(C)(C)C)cc2)O[C@H](CO)[C@H](O)[C@H]1O. The summed E-state index contributed by atoms with van der Waals surface area (Å²) in [6.07, 6.45) is -4.70. The van der Waals surface area contributed by atoms with Crippen LogP contribution in [0.3, 0.4) is 0 Å². The fourth-order valence-corrected chi connectivity index (χ4v) is 2.74. The van der Waals surface area contributed by atoms with E-state index in [2.05, 4.69) is 26.1 Å². The van der Waals surface area contributed by atoms with Gasteiger partial charge in [0.25, 0.3) is 0 Å². The van der Waals surface area contributed by atoms with Gasteiger partial charge in [-0.3, -0.25) is 4.79 Å². The third kappa shape index (κ3) is 4.70. The van der Waals surface area contributed by atoms with Gasteiger partial charge in [0.1, 0.15) is 30.1 Å². The van der Waals surface area contributed by atoms with Gasteiger partial charge in [-0.1, -0.05) is 32.9 Å². The summed E-state index contributed by atoms with van der Waals surface area (Å²) in [5.41, 5.74) is 1.13. The Hall–Kier alpha value is -1.67. The second kappa shape index (κ2) is 7.70. The van der Waals surface area contributed by atoms with E-state index in [4.69, 9.17) is 9.47 Å². The molecule has 0 aliphatic carbocycles. The van der Waals surface area contributed by atoms with E-state index in [-0.39, 0.29) is 11.3 Å². The van der Waals surface area contributed by atoms with Crippen LogP contribution in [0.25, 0.3) is 0 Å². The molecule has 0 aromatic heterocycles. The summed E-state index contributed by atoms with van der Waals surface area (Å²) >= 11 is 0. The van der Waals surface area contributed by atoms with E-state index < -0.39 is 37.3 Å². The van der Waals surface area contributed by atoms with Crippen LogP contribution >= 0.6 is 0 Å². The predicted molar refractivity (Wildman–Crippen MR) is 91.1 cm³/mol. The Morgan fingerprint density at radius 2 is 1.80 bits per heavy atom. The molecule has 1 heterocycles. The van der Waals surface area contributed by atoms with Crippen LogP contribution in [0, 0.1) is 0 Å². The fourth-order valence-electron chi connectivity index (χ4n) is 2.74. The molecule has 25 heavy (non-hydrogen) atoms. The van der Waals surface area contributed by atoms with E-state index in [9.17, 15) is 20.1 Å². The highest BCUT2D eigenvalue weighted by atomic mass is 16.7. The Kier molecular flexibility index (Phi) is 6.05. The Bertz CT molecular complexity index is 582. The lowest BCUT2D eigenvalue weighted by Crippen LogP contribution is -2.65. The van der Waals surface area contributed by atoms with Gasteiger partial charge in [-0.2, -0.15) is 0 Å². The molecule has 1 aromatic rings. The molecule has 0 radical (unpaired) electrons. The lowest BCUT2D eigenvalue weighted by atomic mass is 9.87. The zero-order chi connectivity index (χ0) is 18.8. The van der Waals surface area contributed by atoms with Gasteiger partial charge >= 0.3 is 0 Å². The van der Waals surface area contributed by atoms with Gasteiger partial charge < -0.3 is 30.1 Å². The van der Waals surface area contributed by atoms with Crippen LogP contribution in [0.15, 0.2) is 24.3 Å². The lowest BCUT2D eigenvalue weighted by molar-refractivity contribution is -0.244. The van der Waals surface area contributed by atoms with Gasteiger partial charge in [-0.05, 0) is 23.1 Å². The van der Waals surface area contributed by atoms with E-state index in [1.54, 1.807) is 12.1 Å². The molecule has 0 unspecified atom stereocenters. The second-order valence-electron chi connectivity index (χ2n) is 7.33. The van der Waals surface area contributed by atoms with Crippen molar-refractivity contribution < 1.29 is 29.6 Å². The molecule has 1 saturated heterocycles. The van der Waals surface area contributed by atoms with Crippen molar-refractivity contribution in [2.75, 3.05) is 6.61 Å². The molecule has 0 saturated carbocycles. The number of nitrogens with one attached hydrogen (secondary N) is 1. The molecule has 1 aliphatic rings. The van der Waals surface area contributed by atoms with Crippen molar-refractivity contribution in [3.05, 3.63) is 29.8 Å². The number of benzene rings is 1.